The molecule has 6 nitrogen and oxygen atoms in total. The second kappa shape index (κ2) is 12.0. The summed E-state index contributed by atoms with van der Waals surface area (Å²) in [6.07, 6.45) is 6.90. The maximum absolute atomic E-state index is 12.9. The summed E-state index contributed by atoms with van der Waals surface area (Å²) in [6, 6.07) is 20.8. The van der Waals surface area contributed by atoms with Crippen molar-refractivity contribution in [2.45, 2.75) is 51.5 Å². The van der Waals surface area contributed by atoms with E-state index >= 15 is 0 Å². The largest absolute Gasteiger partial charge is 0.343 e. The smallest absolute Gasteiger partial charge is 0.224 e. The highest BCUT2D eigenvalue weighted by Crippen LogP contribution is 2.33. The first-order valence-corrected chi connectivity index (χ1v) is 12.8. The van der Waals surface area contributed by atoms with Crippen molar-refractivity contribution in [3.8, 4) is 22.4 Å². The minimum absolute atomic E-state index is 0.0121. The van der Waals surface area contributed by atoms with Gasteiger partial charge in [-0.25, -0.2) is 0 Å². The first kappa shape index (κ1) is 25.6. The Bertz CT molecular complexity index is 1170. The van der Waals surface area contributed by atoms with E-state index in [9.17, 15) is 9.59 Å². The number of aromatic nitrogens is 1. The van der Waals surface area contributed by atoms with Crippen LogP contribution in [0, 0.1) is 5.92 Å². The molecule has 0 radical (unpaired) electrons. The second-order valence-corrected chi connectivity index (χ2v) is 9.78. The lowest BCUT2D eigenvalue weighted by molar-refractivity contribution is -0.130. The Labute approximate surface area is 213 Å². The number of hydrogen-bond donors (Lipinski definition) is 2. The molecule has 3 aromatic rings. The van der Waals surface area contributed by atoms with E-state index in [4.69, 9.17) is 10.7 Å². The fourth-order valence-corrected chi connectivity index (χ4v) is 5.06. The van der Waals surface area contributed by atoms with Crippen LogP contribution in [0.1, 0.15) is 44.6 Å². The lowest BCUT2D eigenvalue weighted by Gasteiger charge is -2.34. The lowest BCUT2D eigenvalue weighted by Crippen LogP contribution is -2.38. The topological polar surface area (TPSA) is 88.3 Å². The molecule has 36 heavy (non-hydrogen) atoms. The normalized spacial score (nSPS) is 17.4. The van der Waals surface area contributed by atoms with Crippen LogP contribution in [-0.2, 0) is 16.0 Å². The van der Waals surface area contributed by atoms with Gasteiger partial charge in [0.2, 0.25) is 11.8 Å². The average molecular weight is 485 g/mol. The summed E-state index contributed by atoms with van der Waals surface area (Å²) in [7, 11) is 1.87. The molecule has 1 aliphatic carbocycles. The molecule has 3 N–H and O–H groups in total. The summed E-state index contributed by atoms with van der Waals surface area (Å²) in [5, 5.41) is 3.08. The van der Waals surface area contributed by atoms with Crippen LogP contribution in [0.15, 0.2) is 66.9 Å². The average Bonchev–Trinajstić information content (AvgIpc) is 2.90. The molecule has 0 aliphatic heterocycles. The van der Waals surface area contributed by atoms with E-state index in [2.05, 4.69) is 41.7 Å². The van der Waals surface area contributed by atoms with E-state index < -0.39 is 0 Å². The molecule has 0 atom stereocenters. The standard InChI is InChI=1S/C30H36N4O2/c1-21(35)34(2)27-14-10-23(11-15-27)18-29(36)33-26-19-28(24-6-4-3-5-7-24)30(32-20-26)25-12-8-22(9-13-25)16-17-31/h3-9,12-13,19-20,23,27H,10-11,14-18,31H2,1-2H3,(H,33,36)/t23-,27-. The Kier molecular flexibility index (Phi) is 8.49. The van der Waals surface area contributed by atoms with Crippen molar-refractivity contribution in [3.63, 3.8) is 0 Å². The van der Waals surface area contributed by atoms with Crippen LogP contribution in [0.5, 0.6) is 0 Å². The highest BCUT2D eigenvalue weighted by atomic mass is 16.2. The highest BCUT2D eigenvalue weighted by molar-refractivity contribution is 5.93. The number of carbonyl (C=O) groups is 2. The molecule has 0 spiro atoms. The van der Waals surface area contributed by atoms with Gasteiger partial charge in [-0.3, -0.25) is 14.6 Å². The number of amides is 2. The number of nitrogens with two attached hydrogens (primary N) is 1. The summed E-state index contributed by atoms with van der Waals surface area (Å²) in [4.78, 5) is 31.1. The van der Waals surface area contributed by atoms with Crippen molar-refractivity contribution in [2.24, 2.45) is 11.7 Å². The van der Waals surface area contributed by atoms with Gasteiger partial charge in [0.1, 0.15) is 0 Å². The van der Waals surface area contributed by atoms with E-state index in [1.807, 2.05) is 36.2 Å². The Morgan fingerprint density at radius 1 is 1.00 bits per heavy atom. The molecule has 0 saturated heterocycles. The van der Waals surface area contributed by atoms with Gasteiger partial charge in [-0.2, -0.15) is 0 Å². The van der Waals surface area contributed by atoms with Gasteiger partial charge in [-0.1, -0.05) is 54.6 Å². The summed E-state index contributed by atoms with van der Waals surface area (Å²) in [5.41, 5.74) is 11.5. The Hall–Kier alpha value is -3.51. The van der Waals surface area contributed by atoms with Gasteiger partial charge in [-0.05, 0) is 61.8 Å². The molecule has 0 unspecified atom stereocenters. The third-order valence-electron chi connectivity index (χ3n) is 7.25. The predicted octanol–water partition coefficient (Wildman–Crippen LogP) is 5.28. The fourth-order valence-electron chi connectivity index (χ4n) is 5.06. The summed E-state index contributed by atoms with van der Waals surface area (Å²) in [6.45, 7) is 2.23. The summed E-state index contributed by atoms with van der Waals surface area (Å²) < 4.78 is 0. The molecule has 1 fully saturated rings. The lowest BCUT2D eigenvalue weighted by atomic mass is 9.83. The molecule has 1 heterocycles. The zero-order valence-electron chi connectivity index (χ0n) is 21.2. The van der Waals surface area contributed by atoms with E-state index in [0.717, 1.165) is 54.5 Å². The van der Waals surface area contributed by atoms with E-state index in [0.29, 0.717) is 24.6 Å². The van der Waals surface area contributed by atoms with Crippen molar-refractivity contribution in [1.82, 2.24) is 9.88 Å². The third kappa shape index (κ3) is 6.38. The third-order valence-corrected chi connectivity index (χ3v) is 7.25. The molecule has 0 bridgehead atoms. The van der Waals surface area contributed by atoms with Crippen molar-refractivity contribution in [2.75, 3.05) is 18.9 Å². The van der Waals surface area contributed by atoms with Crippen LogP contribution in [0.2, 0.25) is 0 Å². The maximum atomic E-state index is 12.9. The van der Waals surface area contributed by atoms with Crippen LogP contribution < -0.4 is 11.1 Å². The molecule has 2 amide bonds. The van der Waals surface area contributed by atoms with Gasteiger partial charge in [0, 0.05) is 37.6 Å². The van der Waals surface area contributed by atoms with Crippen LogP contribution >= 0.6 is 0 Å². The van der Waals surface area contributed by atoms with E-state index in [1.54, 1.807) is 13.1 Å². The molecule has 6 heteroatoms. The maximum Gasteiger partial charge on any atom is 0.224 e. The van der Waals surface area contributed by atoms with Crippen molar-refractivity contribution >= 4 is 17.5 Å². The second-order valence-electron chi connectivity index (χ2n) is 9.78. The van der Waals surface area contributed by atoms with Gasteiger partial charge < -0.3 is 16.0 Å². The predicted molar refractivity (Wildman–Crippen MR) is 145 cm³/mol. The fraction of sp³-hybridized carbons (Fsp3) is 0.367. The van der Waals surface area contributed by atoms with E-state index in [-0.39, 0.29) is 17.9 Å². The highest BCUT2D eigenvalue weighted by Gasteiger charge is 2.26. The molecule has 2 aromatic carbocycles. The van der Waals surface area contributed by atoms with Gasteiger partial charge in [0.25, 0.3) is 0 Å². The van der Waals surface area contributed by atoms with Crippen molar-refractivity contribution in [1.29, 1.82) is 0 Å². The molecule has 1 aliphatic rings. The van der Waals surface area contributed by atoms with Crippen LogP contribution in [0.3, 0.4) is 0 Å². The minimum Gasteiger partial charge on any atom is -0.343 e. The van der Waals surface area contributed by atoms with Crippen LogP contribution in [-0.4, -0.2) is 41.3 Å². The molecule has 1 aromatic heterocycles. The van der Waals surface area contributed by atoms with Crippen LogP contribution in [0.4, 0.5) is 5.69 Å². The van der Waals surface area contributed by atoms with Crippen molar-refractivity contribution in [3.05, 3.63) is 72.4 Å². The van der Waals surface area contributed by atoms with Gasteiger partial charge in [0.15, 0.2) is 0 Å². The first-order chi connectivity index (χ1) is 17.4. The number of pyridine rings is 1. The minimum atomic E-state index is 0.0121. The van der Waals surface area contributed by atoms with E-state index in [1.165, 1.54) is 5.56 Å². The Balaban J connectivity index is 1.47. The molecule has 4 rings (SSSR count). The first-order valence-electron chi connectivity index (χ1n) is 12.8. The van der Waals surface area contributed by atoms with Gasteiger partial charge in [0.05, 0.1) is 17.6 Å². The molecule has 188 valence electrons. The van der Waals surface area contributed by atoms with Gasteiger partial charge in [-0.15, -0.1) is 0 Å². The zero-order valence-corrected chi connectivity index (χ0v) is 21.2. The van der Waals surface area contributed by atoms with Gasteiger partial charge >= 0.3 is 0 Å². The molecular weight excluding hydrogens is 448 g/mol. The number of anilines is 1. The number of nitrogens with one attached hydrogen (secondary N) is 1. The monoisotopic (exact) mass is 484 g/mol. The number of hydrogen-bond acceptors (Lipinski definition) is 4. The Morgan fingerprint density at radius 2 is 1.69 bits per heavy atom. The number of carbonyl (C=O) groups excluding carboxylic acids is 2. The number of nitrogens with zero attached hydrogens (tertiary/aromatic N) is 2. The Morgan fingerprint density at radius 3 is 2.33 bits per heavy atom. The number of rotatable bonds is 8. The van der Waals surface area contributed by atoms with Crippen LogP contribution in [0.25, 0.3) is 22.4 Å². The molecular formula is C30H36N4O2. The zero-order chi connectivity index (χ0) is 25.5. The molecule has 1 saturated carbocycles. The summed E-state index contributed by atoms with van der Waals surface area (Å²) >= 11 is 0. The SMILES string of the molecule is CC(=O)N(C)[C@H]1CC[C@H](CC(=O)Nc2cnc(-c3ccc(CCN)cc3)c(-c3ccccc3)c2)CC1. The summed E-state index contributed by atoms with van der Waals surface area (Å²) in [5.74, 6) is 0.459. The quantitative estimate of drug-likeness (QED) is 0.455. The van der Waals surface area contributed by atoms with Crippen molar-refractivity contribution < 1.29 is 9.59 Å². The number of benzene rings is 2.